The number of fused-ring (bicyclic) bond motifs is 1. The van der Waals surface area contributed by atoms with Crippen LogP contribution in [0.15, 0.2) is 42.7 Å². The van der Waals surface area contributed by atoms with Gasteiger partial charge in [0.2, 0.25) is 0 Å². The molecule has 0 spiro atoms. The Bertz CT molecular complexity index is 1320. The summed E-state index contributed by atoms with van der Waals surface area (Å²) in [5.41, 5.74) is 3.37. The van der Waals surface area contributed by atoms with E-state index in [4.69, 9.17) is 33.2 Å². The molecular weight excluding hydrogens is 449 g/mol. The van der Waals surface area contributed by atoms with Gasteiger partial charge in [-0.3, -0.25) is 0 Å². The molecule has 3 aromatic heterocycles. The molecule has 1 aromatic carbocycles. The van der Waals surface area contributed by atoms with E-state index < -0.39 is 0 Å². The Balaban J connectivity index is 1.49. The SMILES string of the molecule is N#Cc1cc(Cl)c(-c2nc3c(Nc4cc(N5CCOCC5)ccn4)nccc3[nH]2)c(Cl)c1. The van der Waals surface area contributed by atoms with E-state index >= 15 is 0 Å². The summed E-state index contributed by atoms with van der Waals surface area (Å²) < 4.78 is 5.43. The third kappa shape index (κ3) is 3.94. The van der Waals surface area contributed by atoms with Crippen molar-refractivity contribution in [3.05, 3.63) is 58.3 Å². The zero-order valence-electron chi connectivity index (χ0n) is 16.8. The molecule has 1 aliphatic heterocycles. The highest BCUT2D eigenvalue weighted by atomic mass is 35.5. The van der Waals surface area contributed by atoms with Gasteiger partial charge >= 0.3 is 0 Å². The number of nitriles is 1. The minimum atomic E-state index is 0.343. The molecule has 0 amide bonds. The lowest BCUT2D eigenvalue weighted by molar-refractivity contribution is 0.122. The Morgan fingerprint density at radius 2 is 1.81 bits per heavy atom. The van der Waals surface area contributed by atoms with Crippen molar-refractivity contribution in [2.45, 2.75) is 0 Å². The number of nitrogens with one attached hydrogen (secondary N) is 2. The van der Waals surface area contributed by atoms with Crippen molar-refractivity contribution in [1.82, 2.24) is 19.9 Å². The highest BCUT2D eigenvalue weighted by molar-refractivity contribution is 6.39. The van der Waals surface area contributed by atoms with Crippen LogP contribution in [-0.4, -0.2) is 46.2 Å². The lowest BCUT2D eigenvalue weighted by Crippen LogP contribution is -2.36. The topological polar surface area (TPSA) is 103 Å². The minimum absolute atomic E-state index is 0.343. The highest BCUT2D eigenvalue weighted by Gasteiger charge is 2.17. The average Bonchev–Trinajstić information content (AvgIpc) is 3.24. The fourth-order valence-corrected chi connectivity index (χ4v) is 4.30. The number of aromatic amines is 1. The molecule has 0 radical (unpaired) electrons. The molecule has 1 fully saturated rings. The van der Waals surface area contributed by atoms with Crippen molar-refractivity contribution in [3.8, 4) is 17.5 Å². The van der Waals surface area contributed by atoms with Crippen molar-refractivity contribution in [2.75, 3.05) is 36.5 Å². The summed E-state index contributed by atoms with van der Waals surface area (Å²) in [5, 5.41) is 13.1. The summed E-state index contributed by atoms with van der Waals surface area (Å²) in [6, 6.07) is 10.9. The van der Waals surface area contributed by atoms with E-state index in [1.165, 1.54) is 0 Å². The molecule has 0 saturated carbocycles. The number of pyridine rings is 2. The standard InChI is InChI=1S/C22H17Cl2N7O/c23-15-9-13(12-25)10-16(24)19(15)21-28-17-2-4-27-22(20(17)30-21)29-18-11-14(1-3-26-18)31-5-7-32-8-6-31/h1-4,9-11H,5-8H2,(H,28,30)(H,26,27,29). The number of nitrogens with zero attached hydrogens (tertiary/aromatic N) is 5. The van der Waals surface area contributed by atoms with Gasteiger partial charge in [-0.15, -0.1) is 0 Å². The molecule has 160 valence electrons. The number of halogens is 2. The van der Waals surface area contributed by atoms with Gasteiger partial charge in [-0.1, -0.05) is 23.2 Å². The van der Waals surface area contributed by atoms with Crippen molar-refractivity contribution >= 4 is 51.6 Å². The van der Waals surface area contributed by atoms with Crippen LogP contribution in [0.25, 0.3) is 22.4 Å². The quantitative estimate of drug-likeness (QED) is 0.446. The van der Waals surface area contributed by atoms with Gasteiger partial charge in [0.25, 0.3) is 0 Å². The maximum Gasteiger partial charge on any atom is 0.159 e. The minimum Gasteiger partial charge on any atom is -0.378 e. The Kier molecular flexibility index (Phi) is 5.53. The molecule has 0 aliphatic carbocycles. The molecule has 0 atom stereocenters. The zero-order chi connectivity index (χ0) is 22.1. The first kappa shape index (κ1) is 20.5. The summed E-state index contributed by atoms with van der Waals surface area (Å²) in [7, 11) is 0. The van der Waals surface area contributed by atoms with Gasteiger partial charge in [-0.25, -0.2) is 15.0 Å². The number of morpholine rings is 1. The predicted octanol–water partition coefficient (Wildman–Crippen LogP) is 4.78. The molecule has 0 unspecified atom stereocenters. The molecule has 1 saturated heterocycles. The van der Waals surface area contributed by atoms with Gasteiger partial charge < -0.3 is 19.9 Å². The van der Waals surface area contributed by atoms with Crippen LogP contribution in [0.4, 0.5) is 17.3 Å². The van der Waals surface area contributed by atoms with Gasteiger partial charge in [-0.05, 0) is 24.3 Å². The van der Waals surface area contributed by atoms with Crippen LogP contribution in [-0.2, 0) is 4.74 Å². The van der Waals surface area contributed by atoms with E-state index in [9.17, 15) is 0 Å². The number of hydrogen-bond donors (Lipinski definition) is 2. The Morgan fingerprint density at radius 1 is 1.06 bits per heavy atom. The highest BCUT2D eigenvalue weighted by Crippen LogP contribution is 2.36. The van der Waals surface area contributed by atoms with Crippen LogP contribution in [0.1, 0.15) is 5.56 Å². The molecule has 8 nitrogen and oxygen atoms in total. The molecule has 1 aliphatic rings. The normalized spacial score (nSPS) is 13.8. The van der Waals surface area contributed by atoms with E-state index in [1.54, 1.807) is 24.5 Å². The van der Waals surface area contributed by atoms with Crippen LogP contribution in [0.3, 0.4) is 0 Å². The van der Waals surface area contributed by atoms with Gasteiger partial charge in [0.15, 0.2) is 5.82 Å². The number of H-pyrrole nitrogens is 1. The summed E-state index contributed by atoms with van der Waals surface area (Å²) >= 11 is 12.8. The van der Waals surface area contributed by atoms with E-state index in [2.05, 4.69) is 30.2 Å². The molecule has 5 rings (SSSR count). The van der Waals surface area contributed by atoms with E-state index in [1.807, 2.05) is 24.3 Å². The largest absolute Gasteiger partial charge is 0.378 e. The second-order valence-electron chi connectivity index (χ2n) is 7.19. The summed E-state index contributed by atoms with van der Waals surface area (Å²) in [4.78, 5) is 19.0. The number of ether oxygens (including phenoxy) is 1. The number of rotatable bonds is 4. The fourth-order valence-electron chi connectivity index (χ4n) is 3.64. The maximum atomic E-state index is 9.12. The van der Waals surface area contributed by atoms with Crippen LogP contribution in [0.2, 0.25) is 10.0 Å². The smallest absolute Gasteiger partial charge is 0.159 e. The van der Waals surface area contributed by atoms with Crippen molar-refractivity contribution < 1.29 is 4.74 Å². The average molecular weight is 466 g/mol. The Morgan fingerprint density at radius 3 is 2.56 bits per heavy atom. The number of imidazole rings is 1. The van der Waals surface area contributed by atoms with Crippen LogP contribution in [0, 0.1) is 11.3 Å². The molecule has 4 heterocycles. The van der Waals surface area contributed by atoms with Crippen LogP contribution < -0.4 is 10.2 Å². The number of aromatic nitrogens is 4. The Hall–Kier alpha value is -3.38. The molecule has 4 aromatic rings. The Labute approximate surface area is 193 Å². The number of benzene rings is 1. The van der Waals surface area contributed by atoms with E-state index in [0.717, 1.165) is 24.3 Å². The maximum absolute atomic E-state index is 9.12. The first-order valence-electron chi connectivity index (χ1n) is 9.92. The molecule has 2 N–H and O–H groups in total. The van der Waals surface area contributed by atoms with Gasteiger partial charge in [-0.2, -0.15) is 5.26 Å². The van der Waals surface area contributed by atoms with E-state index in [-0.39, 0.29) is 0 Å². The van der Waals surface area contributed by atoms with Gasteiger partial charge in [0.1, 0.15) is 17.2 Å². The van der Waals surface area contributed by atoms with Crippen LogP contribution in [0.5, 0.6) is 0 Å². The van der Waals surface area contributed by atoms with Crippen molar-refractivity contribution in [2.24, 2.45) is 0 Å². The van der Waals surface area contributed by atoms with Crippen molar-refractivity contribution in [1.29, 1.82) is 5.26 Å². The van der Waals surface area contributed by atoms with E-state index in [0.29, 0.717) is 57.4 Å². The first-order chi connectivity index (χ1) is 15.6. The number of anilines is 3. The third-order valence-corrected chi connectivity index (χ3v) is 5.77. The second-order valence-corrected chi connectivity index (χ2v) is 8.01. The first-order valence-corrected chi connectivity index (χ1v) is 10.7. The van der Waals surface area contributed by atoms with Gasteiger partial charge in [0.05, 0.1) is 46.0 Å². The van der Waals surface area contributed by atoms with Crippen molar-refractivity contribution in [3.63, 3.8) is 0 Å². The van der Waals surface area contributed by atoms with Gasteiger partial charge in [0, 0.05) is 37.2 Å². The summed E-state index contributed by atoms with van der Waals surface area (Å²) in [5.74, 6) is 1.70. The molecule has 32 heavy (non-hydrogen) atoms. The monoisotopic (exact) mass is 465 g/mol. The molecular formula is C22H17Cl2N7O. The molecule has 0 bridgehead atoms. The third-order valence-electron chi connectivity index (χ3n) is 5.18. The summed E-state index contributed by atoms with van der Waals surface area (Å²) in [6.45, 7) is 3.10. The lowest BCUT2D eigenvalue weighted by atomic mass is 10.1. The lowest BCUT2D eigenvalue weighted by Gasteiger charge is -2.28. The molecule has 10 heteroatoms. The number of hydrogen-bond acceptors (Lipinski definition) is 7. The predicted molar refractivity (Wildman–Crippen MR) is 125 cm³/mol. The second kappa shape index (κ2) is 8.63. The summed E-state index contributed by atoms with van der Waals surface area (Å²) in [6.07, 6.45) is 3.44. The zero-order valence-corrected chi connectivity index (χ0v) is 18.3. The fraction of sp³-hybridized carbons (Fsp3) is 0.182. The van der Waals surface area contributed by atoms with Crippen LogP contribution >= 0.6 is 23.2 Å².